The zero-order valence-corrected chi connectivity index (χ0v) is 9.28. The molecule has 1 fully saturated rings. The molecule has 1 saturated heterocycles. The van der Waals surface area contributed by atoms with Gasteiger partial charge in [-0.3, -0.25) is 0 Å². The fourth-order valence-corrected chi connectivity index (χ4v) is 2.33. The molecule has 0 amide bonds. The second-order valence-corrected chi connectivity index (χ2v) is 4.41. The lowest BCUT2D eigenvalue weighted by Crippen LogP contribution is -2.21. The minimum Gasteiger partial charge on any atom is -0.441 e. The molecule has 1 unspecified atom stereocenters. The summed E-state index contributed by atoms with van der Waals surface area (Å²) < 4.78 is 5.69. The molecule has 1 aliphatic rings. The van der Waals surface area contributed by atoms with Gasteiger partial charge in [0.2, 0.25) is 0 Å². The van der Waals surface area contributed by atoms with Crippen molar-refractivity contribution in [2.24, 2.45) is 0 Å². The maximum Gasteiger partial charge on any atom is 0.195 e. The first-order valence-electron chi connectivity index (χ1n) is 6.00. The molecule has 2 heterocycles. The van der Waals surface area contributed by atoms with E-state index in [1.165, 1.54) is 12.8 Å². The summed E-state index contributed by atoms with van der Waals surface area (Å²) in [6.45, 7) is 1.16. The highest BCUT2D eigenvalue weighted by Gasteiger charge is 2.15. The van der Waals surface area contributed by atoms with Crippen LogP contribution in [0.1, 0.15) is 25.2 Å². The smallest absolute Gasteiger partial charge is 0.195 e. The topological polar surface area (TPSA) is 38.1 Å². The zero-order valence-electron chi connectivity index (χ0n) is 9.28. The Balaban J connectivity index is 1.69. The van der Waals surface area contributed by atoms with Crippen LogP contribution >= 0.6 is 0 Å². The van der Waals surface area contributed by atoms with E-state index in [9.17, 15) is 0 Å². The highest BCUT2D eigenvalue weighted by Crippen LogP contribution is 2.17. The Morgan fingerprint density at radius 3 is 3.12 bits per heavy atom. The molecule has 3 rings (SSSR count). The van der Waals surface area contributed by atoms with E-state index in [-0.39, 0.29) is 0 Å². The predicted molar refractivity (Wildman–Crippen MR) is 63.4 cm³/mol. The fourth-order valence-electron chi connectivity index (χ4n) is 2.33. The van der Waals surface area contributed by atoms with E-state index >= 15 is 0 Å². The lowest BCUT2D eigenvalue weighted by molar-refractivity contribution is 0.481. The lowest BCUT2D eigenvalue weighted by atomic mass is 10.1. The number of hydrogen-bond donors (Lipinski definition) is 1. The summed E-state index contributed by atoms with van der Waals surface area (Å²) in [7, 11) is 0. The van der Waals surface area contributed by atoms with Crippen molar-refractivity contribution < 1.29 is 4.42 Å². The van der Waals surface area contributed by atoms with Crippen LogP contribution in [0.3, 0.4) is 0 Å². The first-order valence-corrected chi connectivity index (χ1v) is 6.00. The first kappa shape index (κ1) is 9.85. The fraction of sp³-hybridized carbons (Fsp3) is 0.462. The molecule has 3 nitrogen and oxygen atoms in total. The summed E-state index contributed by atoms with van der Waals surface area (Å²) in [5, 5.41) is 3.49. The second kappa shape index (κ2) is 4.26. The van der Waals surface area contributed by atoms with Crippen molar-refractivity contribution in [3.05, 3.63) is 30.2 Å². The van der Waals surface area contributed by atoms with Crippen LogP contribution in [-0.2, 0) is 6.42 Å². The Morgan fingerprint density at radius 2 is 2.31 bits per heavy atom. The molecule has 2 aromatic rings. The molecule has 1 aromatic carbocycles. The van der Waals surface area contributed by atoms with Gasteiger partial charge in [-0.05, 0) is 37.9 Å². The van der Waals surface area contributed by atoms with E-state index < -0.39 is 0 Å². The van der Waals surface area contributed by atoms with Gasteiger partial charge in [-0.2, -0.15) is 0 Å². The summed E-state index contributed by atoms with van der Waals surface area (Å²) in [5.74, 6) is 0.870. The molecule has 1 N–H and O–H groups in total. The van der Waals surface area contributed by atoms with Gasteiger partial charge in [0.1, 0.15) is 5.52 Å². The van der Waals surface area contributed by atoms with Crippen molar-refractivity contribution in [2.75, 3.05) is 6.54 Å². The Bertz CT molecular complexity index is 438. The third kappa shape index (κ3) is 1.95. The Labute approximate surface area is 94.9 Å². The van der Waals surface area contributed by atoms with E-state index in [4.69, 9.17) is 4.42 Å². The summed E-state index contributed by atoms with van der Waals surface area (Å²) >= 11 is 0. The number of nitrogens with zero attached hydrogens (tertiary/aromatic N) is 1. The number of hydrogen-bond acceptors (Lipinski definition) is 3. The maximum absolute atomic E-state index is 5.69. The number of rotatable bonds is 3. The van der Waals surface area contributed by atoms with Crippen LogP contribution < -0.4 is 5.32 Å². The summed E-state index contributed by atoms with van der Waals surface area (Å²) in [6.07, 6.45) is 4.66. The average molecular weight is 216 g/mol. The first-order chi connectivity index (χ1) is 7.92. The predicted octanol–water partition coefficient (Wildman–Crippen LogP) is 2.51. The third-order valence-electron chi connectivity index (χ3n) is 3.21. The maximum atomic E-state index is 5.69. The molecule has 16 heavy (non-hydrogen) atoms. The number of oxazole rings is 1. The van der Waals surface area contributed by atoms with Gasteiger partial charge in [0.25, 0.3) is 0 Å². The normalized spacial score (nSPS) is 20.6. The van der Waals surface area contributed by atoms with E-state index in [0.717, 1.165) is 36.4 Å². The van der Waals surface area contributed by atoms with Crippen molar-refractivity contribution in [3.8, 4) is 0 Å². The van der Waals surface area contributed by atoms with Crippen molar-refractivity contribution in [1.29, 1.82) is 0 Å². The Kier molecular flexibility index (Phi) is 2.62. The monoisotopic (exact) mass is 216 g/mol. The van der Waals surface area contributed by atoms with Crippen LogP contribution in [0.15, 0.2) is 28.7 Å². The molecule has 0 aliphatic carbocycles. The number of aromatic nitrogens is 1. The van der Waals surface area contributed by atoms with Gasteiger partial charge >= 0.3 is 0 Å². The second-order valence-electron chi connectivity index (χ2n) is 4.41. The van der Waals surface area contributed by atoms with Gasteiger partial charge in [0, 0.05) is 12.5 Å². The number of aryl methyl sites for hydroxylation is 1. The van der Waals surface area contributed by atoms with Crippen molar-refractivity contribution in [1.82, 2.24) is 10.3 Å². The molecule has 0 radical (unpaired) electrons. The largest absolute Gasteiger partial charge is 0.441 e. The van der Waals surface area contributed by atoms with Gasteiger partial charge in [-0.25, -0.2) is 4.98 Å². The Hall–Kier alpha value is -1.35. The van der Waals surface area contributed by atoms with Gasteiger partial charge in [0.15, 0.2) is 11.5 Å². The molecule has 0 saturated carbocycles. The van der Waals surface area contributed by atoms with E-state index in [0.29, 0.717) is 6.04 Å². The van der Waals surface area contributed by atoms with Gasteiger partial charge < -0.3 is 9.73 Å². The lowest BCUT2D eigenvalue weighted by Gasteiger charge is -2.06. The average Bonchev–Trinajstić information content (AvgIpc) is 2.95. The van der Waals surface area contributed by atoms with Crippen molar-refractivity contribution in [2.45, 2.75) is 31.7 Å². The van der Waals surface area contributed by atoms with Crippen molar-refractivity contribution >= 4 is 11.1 Å². The van der Waals surface area contributed by atoms with Crippen LogP contribution in [0.4, 0.5) is 0 Å². The minimum atomic E-state index is 0.662. The molecule has 1 aliphatic heterocycles. The van der Waals surface area contributed by atoms with E-state index in [1.54, 1.807) is 0 Å². The minimum absolute atomic E-state index is 0.662. The van der Waals surface area contributed by atoms with E-state index in [1.807, 2.05) is 24.3 Å². The van der Waals surface area contributed by atoms with E-state index in [2.05, 4.69) is 10.3 Å². The molecule has 3 heteroatoms. The quantitative estimate of drug-likeness (QED) is 0.856. The molecule has 84 valence electrons. The molecular weight excluding hydrogens is 200 g/mol. The zero-order chi connectivity index (χ0) is 10.8. The van der Waals surface area contributed by atoms with Crippen LogP contribution in [0.2, 0.25) is 0 Å². The van der Waals surface area contributed by atoms with Crippen LogP contribution in [-0.4, -0.2) is 17.6 Å². The standard InChI is InChI=1S/C13H16N2O/c1-2-6-12-11(5-1)15-13(16-12)8-7-10-4-3-9-14-10/h1-2,5-6,10,14H,3-4,7-9H2. The van der Waals surface area contributed by atoms with Crippen molar-refractivity contribution in [3.63, 3.8) is 0 Å². The molecule has 0 bridgehead atoms. The van der Waals surface area contributed by atoms with Crippen LogP contribution in [0, 0.1) is 0 Å². The number of para-hydroxylation sites is 2. The summed E-state index contributed by atoms with van der Waals surface area (Å²) in [6, 6.07) is 8.61. The molecule has 1 atom stereocenters. The number of fused-ring (bicyclic) bond motifs is 1. The molecular formula is C13H16N2O. The number of nitrogens with one attached hydrogen (secondary N) is 1. The molecule has 0 spiro atoms. The summed E-state index contributed by atoms with van der Waals surface area (Å²) in [4.78, 5) is 4.48. The van der Waals surface area contributed by atoms with Crippen LogP contribution in [0.25, 0.3) is 11.1 Å². The summed E-state index contributed by atoms with van der Waals surface area (Å²) in [5.41, 5.74) is 1.87. The third-order valence-corrected chi connectivity index (χ3v) is 3.21. The van der Waals surface area contributed by atoms with Crippen LogP contribution in [0.5, 0.6) is 0 Å². The highest BCUT2D eigenvalue weighted by atomic mass is 16.3. The van der Waals surface area contributed by atoms with Gasteiger partial charge in [0.05, 0.1) is 0 Å². The number of benzene rings is 1. The Morgan fingerprint density at radius 1 is 1.38 bits per heavy atom. The van der Waals surface area contributed by atoms with Gasteiger partial charge in [-0.15, -0.1) is 0 Å². The highest BCUT2D eigenvalue weighted by molar-refractivity contribution is 5.72. The SMILES string of the molecule is c1ccc2oc(CCC3CCCN3)nc2c1. The van der Waals surface area contributed by atoms with Gasteiger partial charge in [-0.1, -0.05) is 12.1 Å². The molecule has 1 aromatic heterocycles.